The molecule has 0 saturated heterocycles. The molecule has 10 nitrogen and oxygen atoms in total. The van der Waals surface area contributed by atoms with Crippen molar-refractivity contribution in [3.63, 3.8) is 0 Å². The second-order valence-electron chi connectivity index (χ2n) is 1.50. The Kier molecular flexibility index (Phi) is 10.3. The Bertz CT molecular complexity index is 283. The smallest absolute Gasteiger partial charge is 0.790 e. The van der Waals surface area contributed by atoms with E-state index in [4.69, 9.17) is 0 Å². The van der Waals surface area contributed by atoms with Crippen molar-refractivity contribution in [1.29, 1.82) is 0 Å². The third-order valence-electron chi connectivity index (χ3n) is 0.400. The minimum absolute atomic E-state index is 0. The van der Waals surface area contributed by atoms with Crippen LogP contribution in [0.1, 0.15) is 0 Å². The summed E-state index contributed by atoms with van der Waals surface area (Å²) in [5, 5.41) is 0. The first-order chi connectivity index (χ1) is 5.41. The molecule has 0 N–H and O–H groups in total. The maximum Gasteiger partial charge on any atom is 3.00 e. The Hall–Kier alpha value is 1.57. The van der Waals surface area contributed by atoms with E-state index in [-0.39, 0.29) is 36.8 Å². The van der Waals surface area contributed by atoms with Crippen LogP contribution in [0.15, 0.2) is 0 Å². The summed E-state index contributed by atoms with van der Waals surface area (Å²) in [4.78, 5) is 48.6. The Morgan fingerprint density at radius 2 is 0.933 bits per heavy atom. The van der Waals surface area contributed by atoms with E-state index in [0.29, 0.717) is 0 Å². The molecule has 0 radical (unpaired) electrons. The predicted molar refractivity (Wildman–Crippen MR) is 30.7 cm³/mol. The average molecular weight is 345 g/mol. The molecule has 0 saturated carbocycles. The summed E-state index contributed by atoms with van der Waals surface area (Å²) in [6, 6.07) is 0. The van der Waals surface area contributed by atoms with Crippen molar-refractivity contribution >= 4 is 40.8 Å². The third kappa shape index (κ3) is 15.6. The number of rotatable bonds is 4. The van der Waals surface area contributed by atoms with Gasteiger partial charge in [-0.15, -0.1) is 0 Å². The summed E-state index contributed by atoms with van der Waals surface area (Å²) >= 11 is 0. The summed E-state index contributed by atoms with van der Waals surface area (Å²) in [6.07, 6.45) is 0. The van der Waals surface area contributed by atoms with Crippen molar-refractivity contribution in [3.8, 4) is 0 Å². The number of phosphoric acid groups is 3. The van der Waals surface area contributed by atoms with Crippen LogP contribution >= 0.6 is 23.5 Å². The van der Waals surface area contributed by atoms with E-state index in [0.717, 1.165) is 0 Å². The standard InChI is InChI=1S/Al.H5O10P3.Zn/c;1-11(2,3)9-13(7,8)10-12(4,5)6;/h;(H,7,8)(H2,1,2,3)(H2,4,5,6);/q+3;;+2/p-5. The van der Waals surface area contributed by atoms with Crippen LogP contribution in [-0.2, 0) is 41.8 Å². The largest absolute Gasteiger partial charge is 3.00 e. The topological polar surface area (TPSA) is 185 Å². The van der Waals surface area contributed by atoms with Crippen molar-refractivity contribution < 1.29 is 66.3 Å². The number of hydrogen-bond acceptors (Lipinski definition) is 10. The molecule has 0 spiro atoms. The predicted octanol–water partition coefficient (Wildman–Crippen LogP) is -4.24. The molecule has 0 aliphatic heterocycles. The molecule has 0 aromatic carbocycles. The van der Waals surface area contributed by atoms with E-state index in [9.17, 15) is 38.2 Å². The first kappa shape index (κ1) is 21.8. The molecule has 0 heterocycles. The maximum absolute atomic E-state index is 10.1. The van der Waals surface area contributed by atoms with E-state index in [1.807, 2.05) is 0 Å². The van der Waals surface area contributed by atoms with Gasteiger partial charge in [-0.25, -0.2) is 0 Å². The maximum atomic E-state index is 10.1. The quantitative estimate of drug-likeness (QED) is 0.357. The average Bonchev–Trinajstić information content (AvgIpc) is 1.43. The fraction of sp³-hybridized carbons (Fsp3) is 0. The van der Waals surface area contributed by atoms with Gasteiger partial charge < -0.3 is 33.6 Å². The summed E-state index contributed by atoms with van der Waals surface area (Å²) in [5.74, 6) is 0. The van der Waals surface area contributed by atoms with E-state index in [2.05, 4.69) is 8.62 Å². The Morgan fingerprint density at radius 3 is 1.07 bits per heavy atom. The molecule has 0 atom stereocenters. The zero-order chi connectivity index (χ0) is 10.9. The van der Waals surface area contributed by atoms with Crippen LogP contribution in [0.25, 0.3) is 0 Å². The molecule has 0 aliphatic carbocycles. The van der Waals surface area contributed by atoms with Crippen molar-refractivity contribution in [1.82, 2.24) is 0 Å². The number of hydrogen-bond donors (Lipinski definition) is 0. The second-order valence-corrected chi connectivity index (χ2v) is 5.49. The molecular formula is AlO10P3Zn. The molecule has 0 unspecified atom stereocenters. The Balaban J connectivity index is -0.000000720. The van der Waals surface area contributed by atoms with Crippen LogP contribution in [0.2, 0.25) is 0 Å². The zero-order valence-corrected chi connectivity index (χ0v) is 13.5. The Morgan fingerprint density at radius 1 is 0.733 bits per heavy atom. The molecule has 0 bridgehead atoms. The van der Waals surface area contributed by atoms with Gasteiger partial charge in [0.2, 0.25) is 0 Å². The molecule has 15 heavy (non-hydrogen) atoms. The summed E-state index contributed by atoms with van der Waals surface area (Å²) in [7, 11) is -17.9. The first-order valence-corrected chi connectivity index (χ1v) is 6.57. The van der Waals surface area contributed by atoms with Crippen molar-refractivity contribution in [2.24, 2.45) is 0 Å². The van der Waals surface area contributed by atoms with Gasteiger partial charge in [0.05, 0.1) is 15.6 Å². The van der Waals surface area contributed by atoms with E-state index in [1.165, 1.54) is 0 Å². The molecule has 0 fully saturated rings. The molecular weight excluding hydrogens is 345 g/mol. The monoisotopic (exact) mass is 344 g/mol. The minimum atomic E-state index is -5.97. The molecule has 80 valence electrons. The van der Waals surface area contributed by atoms with E-state index in [1.54, 1.807) is 0 Å². The molecule has 15 heteroatoms. The van der Waals surface area contributed by atoms with E-state index < -0.39 is 23.5 Å². The van der Waals surface area contributed by atoms with Crippen LogP contribution < -0.4 is 24.5 Å². The fourth-order valence-electron chi connectivity index (χ4n) is 0.260. The second kappa shape index (κ2) is 7.10. The van der Waals surface area contributed by atoms with Crippen LogP contribution in [0, 0.1) is 0 Å². The molecule has 0 aromatic heterocycles. The van der Waals surface area contributed by atoms with Crippen molar-refractivity contribution in [2.45, 2.75) is 0 Å². The SMILES string of the molecule is O=P([O-])([O-])OP(=O)([O-])OP(=O)([O-])[O-].[Al+3].[Zn+2]. The molecule has 0 aromatic rings. The van der Waals surface area contributed by atoms with Crippen LogP contribution in [0.5, 0.6) is 0 Å². The molecule has 0 rings (SSSR count). The van der Waals surface area contributed by atoms with Gasteiger partial charge in [0, 0.05) is 0 Å². The van der Waals surface area contributed by atoms with Crippen LogP contribution in [0.4, 0.5) is 0 Å². The van der Waals surface area contributed by atoms with Gasteiger partial charge in [0.25, 0.3) is 7.82 Å². The minimum Gasteiger partial charge on any atom is -0.790 e. The van der Waals surface area contributed by atoms with Crippen molar-refractivity contribution in [3.05, 3.63) is 0 Å². The van der Waals surface area contributed by atoms with Gasteiger partial charge in [-0.2, -0.15) is 0 Å². The van der Waals surface area contributed by atoms with Gasteiger partial charge in [0.15, 0.2) is 0 Å². The van der Waals surface area contributed by atoms with Crippen molar-refractivity contribution in [2.75, 3.05) is 0 Å². The Labute approximate surface area is 107 Å². The van der Waals surface area contributed by atoms with Gasteiger partial charge in [-0.1, -0.05) is 0 Å². The van der Waals surface area contributed by atoms with Gasteiger partial charge in [-0.3, -0.25) is 13.2 Å². The summed E-state index contributed by atoms with van der Waals surface area (Å²) < 4.78 is 34.7. The first-order valence-electron chi connectivity index (χ1n) is 2.19. The van der Waals surface area contributed by atoms with Gasteiger partial charge >= 0.3 is 36.8 Å². The van der Waals surface area contributed by atoms with Crippen LogP contribution in [0.3, 0.4) is 0 Å². The molecule has 0 amide bonds. The van der Waals surface area contributed by atoms with Gasteiger partial charge in [-0.05, 0) is 0 Å². The van der Waals surface area contributed by atoms with Gasteiger partial charge in [0.1, 0.15) is 0 Å². The fourth-order valence-corrected chi connectivity index (χ4v) is 2.61. The van der Waals surface area contributed by atoms with Crippen LogP contribution in [-0.4, -0.2) is 17.4 Å². The summed E-state index contributed by atoms with van der Waals surface area (Å²) in [5.41, 5.74) is 0. The van der Waals surface area contributed by atoms with E-state index >= 15 is 0 Å². The normalized spacial score (nSPS) is 12.6. The third-order valence-corrected chi connectivity index (χ3v) is 3.60. The summed E-state index contributed by atoms with van der Waals surface area (Å²) in [6.45, 7) is 0. The zero-order valence-electron chi connectivity index (χ0n) is 6.71. The molecule has 0 aliphatic rings.